The molecule has 1 atom stereocenters. The van der Waals surface area contributed by atoms with Crippen LogP contribution in [0.1, 0.15) is 34.6 Å². The van der Waals surface area contributed by atoms with Crippen LogP contribution in [0.5, 0.6) is 0 Å². The molecule has 3 heterocycles. The summed E-state index contributed by atoms with van der Waals surface area (Å²) in [5, 5.41) is 7.06. The molecule has 0 spiro atoms. The number of nitrogens with one attached hydrogen (secondary N) is 2. The Morgan fingerprint density at radius 1 is 1.10 bits per heavy atom. The highest BCUT2D eigenvalue weighted by molar-refractivity contribution is 7.17. The van der Waals surface area contributed by atoms with Crippen molar-refractivity contribution in [2.75, 3.05) is 11.9 Å². The Bertz CT molecular complexity index is 1090. The van der Waals surface area contributed by atoms with Crippen molar-refractivity contribution in [1.82, 2.24) is 24.8 Å². The van der Waals surface area contributed by atoms with Gasteiger partial charge in [0.25, 0.3) is 5.91 Å². The first-order chi connectivity index (χ1) is 15.2. The fourth-order valence-corrected chi connectivity index (χ4v) is 4.00. The summed E-state index contributed by atoms with van der Waals surface area (Å²) < 4.78 is 1.99. The molecule has 0 saturated carbocycles. The number of benzene rings is 1. The van der Waals surface area contributed by atoms with Gasteiger partial charge in [-0.15, -0.1) is 0 Å². The lowest BCUT2D eigenvalue weighted by Crippen LogP contribution is -2.24. The highest BCUT2D eigenvalue weighted by Gasteiger charge is 2.13. The lowest BCUT2D eigenvalue weighted by Gasteiger charge is -2.14. The quantitative estimate of drug-likeness (QED) is 0.383. The normalized spacial score (nSPS) is 11.8. The van der Waals surface area contributed by atoms with E-state index >= 15 is 0 Å². The van der Waals surface area contributed by atoms with Crippen LogP contribution in [-0.2, 0) is 6.54 Å². The molecule has 2 N–H and O–H groups in total. The van der Waals surface area contributed by atoms with Gasteiger partial charge in [0.05, 0.1) is 18.6 Å². The van der Waals surface area contributed by atoms with E-state index in [0.717, 1.165) is 34.8 Å². The van der Waals surface area contributed by atoms with Crippen molar-refractivity contribution in [2.24, 2.45) is 0 Å². The summed E-state index contributed by atoms with van der Waals surface area (Å²) in [4.78, 5) is 25.5. The van der Waals surface area contributed by atoms with E-state index < -0.39 is 0 Å². The number of aryl methyl sites for hydroxylation is 1. The van der Waals surface area contributed by atoms with Crippen LogP contribution in [-0.4, -0.2) is 32.0 Å². The zero-order chi connectivity index (χ0) is 21.5. The minimum Gasteiger partial charge on any atom is -0.355 e. The lowest BCUT2D eigenvalue weighted by atomic mass is 10.0. The molecule has 1 aromatic carbocycles. The monoisotopic (exact) mass is 432 g/mol. The summed E-state index contributed by atoms with van der Waals surface area (Å²) in [6.45, 7) is 3.51. The van der Waals surface area contributed by atoms with Crippen LogP contribution in [0, 0.1) is 0 Å². The molecule has 4 aromatic rings. The Morgan fingerprint density at radius 2 is 1.97 bits per heavy atom. The Balaban J connectivity index is 1.28. The summed E-state index contributed by atoms with van der Waals surface area (Å²) in [7, 11) is 0. The predicted octanol–water partition coefficient (Wildman–Crippen LogP) is 4.39. The summed E-state index contributed by atoms with van der Waals surface area (Å²) in [5.41, 5.74) is 3.37. The molecule has 0 saturated heterocycles. The zero-order valence-electron chi connectivity index (χ0n) is 17.2. The van der Waals surface area contributed by atoms with E-state index in [4.69, 9.17) is 0 Å². The smallest absolute Gasteiger partial charge is 0.263 e. The van der Waals surface area contributed by atoms with Crippen molar-refractivity contribution in [3.8, 4) is 11.1 Å². The highest BCUT2D eigenvalue weighted by Crippen LogP contribution is 2.26. The second-order valence-corrected chi connectivity index (χ2v) is 8.20. The Hall–Kier alpha value is -3.52. The minimum atomic E-state index is -0.0929. The molecule has 0 aliphatic heterocycles. The SMILES string of the molecule is CC(Nc1ncc(C(=O)NCCCn2ccnc2)s1)c1ccc(-c2cccnc2)cc1. The van der Waals surface area contributed by atoms with Gasteiger partial charge in [-0.05, 0) is 36.1 Å². The molecule has 158 valence electrons. The summed E-state index contributed by atoms with van der Waals surface area (Å²) in [6, 6.07) is 12.4. The number of carbonyl (C=O) groups is 1. The van der Waals surface area contributed by atoms with Crippen LogP contribution in [0.2, 0.25) is 0 Å². The van der Waals surface area contributed by atoms with E-state index in [1.807, 2.05) is 29.1 Å². The van der Waals surface area contributed by atoms with E-state index in [-0.39, 0.29) is 11.9 Å². The number of hydrogen-bond donors (Lipinski definition) is 2. The number of anilines is 1. The maximum Gasteiger partial charge on any atom is 0.263 e. The standard InChI is InChI=1S/C23H24N6OS/c1-17(18-5-7-19(8-6-18)20-4-2-9-24-14-20)28-23-27-15-21(31-23)22(30)26-10-3-12-29-13-11-25-16-29/h2,4-9,11,13-17H,3,10,12H2,1H3,(H,26,30)(H,27,28). The van der Waals surface area contributed by atoms with Crippen LogP contribution in [0.3, 0.4) is 0 Å². The first-order valence-corrected chi connectivity index (χ1v) is 11.0. The van der Waals surface area contributed by atoms with E-state index in [0.29, 0.717) is 11.4 Å². The summed E-state index contributed by atoms with van der Waals surface area (Å²) >= 11 is 1.36. The van der Waals surface area contributed by atoms with Crippen molar-refractivity contribution in [3.63, 3.8) is 0 Å². The van der Waals surface area contributed by atoms with Gasteiger partial charge in [0.15, 0.2) is 5.13 Å². The first-order valence-electron chi connectivity index (χ1n) is 10.2. The molecule has 0 bridgehead atoms. The fraction of sp³-hybridized carbons (Fsp3) is 0.217. The number of pyridine rings is 1. The molecule has 0 fully saturated rings. The molecule has 1 unspecified atom stereocenters. The van der Waals surface area contributed by atoms with Crippen molar-refractivity contribution in [3.05, 3.63) is 84.2 Å². The molecular weight excluding hydrogens is 408 g/mol. The molecule has 31 heavy (non-hydrogen) atoms. The maximum absolute atomic E-state index is 12.4. The average Bonchev–Trinajstić information content (AvgIpc) is 3.50. The van der Waals surface area contributed by atoms with Gasteiger partial charge in [0.2, 0.25) is 0 Å². The molecule has 8 heteroatoms. The van der Waals surface area contributed by atoms with Gasteiger partial charge < -0.3 is 15.2 Å². The third kappa shape index (κ3) is 5.55. The van der Waals surface area contributed by atoms with Crippen molar-refractivity contribution in [1.29, 1.82) is 0 Å². The predicted molar refractivity (Wildman–Crippen MR) is 123 cm³/mol. The number of nitrogens with zero attached hydrogens (tertiary/aromatic N) is 4. The zero-order valence-corrected chi connectivity index (χ0v) is 18.0. The van der Waals surface area contributed by atoms with Crippen molar-refractivity contribution >= 4 is 22.4 Å². The molecule has 7 nitrogen and oxygen atoms in total. The number of aromatic nitrogens is 4. The lowest BCUT2D eigenvalue weighted by molar-refractivity contribution is 0.0956. The summed E-state index contributed by atoms with van der Waals surface area (Å²) in [5.74, 6) is -0.0929. The molecule has 1 amide bonds. The van der Waals surface area contributed by atoms with Crippen LogP contribution >= 0.6 is 11.3 Å². The van der Waals surface area contributed by atoms with Crippen molar-refractivity contribution < 1.29 is 4.79 Å². The van der Waals surface area contributed by atoms with E-state index in [1.165, 1.54) is 11.3 Å². The first kappa shape index (κ1) is 20.7. The largest absolute Gasteiger partial charge is 0.355 e. The molecule has 0 radical (unpaired) electrons. The van der Waals surface area contributed by atoms with Gasteiger partial charge in [0.1, 0.15) is 4.88 Å². The van der Waals surface area contributed by atoms with Gasteiger partial charge in [-0.3, -0.25) is 9.78 Å². The van der Waals surface area contributed by atoms with E-state index in [2.05, 4.69) is 56.8 Å². The van der Waals surface area contributed by atoms with Gasteiger partial charge in [0, 0.05) is 37.9 Å². The molecular formula is C23H24N6OS. The number of imidazole rings is 1. The summed E-state index contributed by atoms with van der Waals surface area (Å²) in [6.07, 6.45) is 11.5. The maximum atomic E-state index is 12.4. The number of rotatable bonds is 9. The van der Waals surface area contributed by atoms with E-state index in [1.54, 1.807) is 24.9 Å². The molecule has 3 aromatic heterocycles. The van der Waals surface area contributed by atoms with E-state index in [9.17, 15) is 4.79 Å². The minimum absolute atomic E-state index is 0.0696. The number of hydrogen-bond acceptors (Lipinski definition) is 6. The average molecular weight is 433 g/mol. The van der Waals surface area contributed by atoms with Crippen LogP contribution in [0.25, 0.3) is 11.1 Å². The Kier molecular flexibility index (Phi) is 6.68. The van der Waals surface area contributed by atoms with Gasteiger partial charge in [-0.2, -0.15) is 0 Å². The third-order valence-electron chi connectivity index (χ3n) is 4.91. The number of thiazole rings is 1. The molecule has 4 rings (SSSR count). The number of amides is 1. The topological polar surface area (TPSA) is 84.7 Å². The molecule has 0 aliphatic rings. The second-order valence-electron chi connectivity index (χ2n) is 7.17. The van der Waals surface area contributed by atoms with Crippen LogP contribution < -0.4 is 10.6 Å². The highest BCUT2D eigenvalue weighted by atomic mass is 32.1. The number of carbonyl (C=O) groups excluding carboxylic acids is 1. The fourth-order valence-electron chi connectivity index (χ4n) is 3.18. The third-order valence-corrected chi connectivity index (χ3v) is 5.84. The Labute approximate surface area is 185 Å². The Morgan fingerprint density at radius 3 is 2.71 bits per heavy atom. The van der Waals surface area contributed by atoms with Crippen molar-refractivity contribution in [2.45, 2.75) is 25.9 Å². The van der Waals surface area contributed by atoms with Crippen LogP contribution in [0.15, 0.2) is 73.7 Å². The second kappa shape index (κ2) is 9.99. The van der Waals surface area contributed by atoms with Crippen LogP contribution in [0.4, 0.5) is 5.13 Å². The molecule has 0 aliphatic carbocycles. The van der Waals surface area contributed by atoms with Gasteiger partial charge in [-0.1, -0.05) is 41.7 Å². The van der Waals surface area contributed by atoms with Gasteiger partial charge >= 0.3 is 0 Å². The van der Waals surface area contributed by atoms with Gasteiger partial charge in [-0.25, -0.2) is 9.97 Å².